The first-order valence-corrected chi connectivity index (χ1v) is 4.01. The zero-order chi connectivity index (χ0) is 8.39. The fourth-order valence-corrected chi connectivity index (χ4v) is 1.47. The highest BCUT2D eigenvalue weighted by atomic mass is 16.5. The summed E-state index contributed by atoms with van der Waals surface area (Å²) in [7, 11) is 0. The van der Waals surface area contributed by atoms with Crippen molar-refractivity contribution in [3.05, 3.63) is 29.8 Å². The number of hydrogen-bond acceptors (Lipinski definition) is 2. The van der Waals surface area contributed by atoms with E-state index in [2.05, 4.69) is 6.07 Å². The maximum absolute atomic E-state index is 8.48. The van der Waals surface area contributed by atoms with E-state index in [0.717, 1.165) is 12.2 Å². The van der Waals surface area contributed by atoms with Crippen LogP contribution < -0.4 is 4.74 Å². The first-order valence-electron chi connectivity index (χ1n) is 4.01. The van der Waals surface area contributed by atoms with Gasteiger partial charge in [-0.1, -0.05) is 18.2 Å². The average Bonchev–Trinajstić information content (AvgIpc) is 2.47. The third kappa shape index (κ3) is 1.14. The monoisotopic (exact) mass is 159 g/mol. The second-order valence-corrected chi connectivity index (χ2v) is 2.91. The van der Waals surface area contributed by atoms with E-state index in [1.54, 1.807) is 0 Å². The molecule has 12 heavy (non-hydrogen) atoms. The van der Waals surface area contributed by atoms with Crippen molar-refractivity contribution in [2.24, 2.45) is 0 Å². The molecule has 2 nitrogen and oxygen atoms in total. The molecule has 0 amide bonds. The lowest BCUT2D eigenvalue weighted by Gasteiger charge is -2.03. The molecule has 0 fully saturated rings. The molecule has 0 N–H and O–H groups in total. The molecular formula is C10H9NO. The minimum Gasteiger partial charge on any atom is -0.489 e. The van der Waals surface area contributed by atoms with Crippen molar-refractivity contribution >= 4 is 0 Å². The summed E-state index contributed by atoms with van der Waals surface area (Å²) in [5, 5.41) is 8.48. The maximum Gasteiger partial charge on any atom is 0.123 e. The van der Waals surface area contributed by atoms with E-state index in [0.29, 0.717) is 6.42 Å². The van der Waals surface area contributed by atoms with Crippen molar-refractivity contribution in [2.75, 3.05) is 0 Å². The van der Waals surface area contributed by atoms with Gasteiger partial charge in [0.1, 0.15) is 11.9 Å². The van der Waals surface area contributed by atoms with Gasteiger partial charge >= 0.3 is 0 Å². The molecule has 1 aromatic rings. The molecule has 0 saturated heterocycles. The van der Waals surface area contributed by atoms with E-state index in [-0.39, 0.29) is 6.10 Å². The number of benzene rings is 1. The lowest BCUT2D eigenvalue weighted by molar-refractivity contribution is 0.238. The third-order valence-corrected chi connectivity index (χ3v) is 2.03. The quantitative estimate of drug-likeness (QED) is 0.627. The topological polar surface area (TPSA) is 33.0 Å². The van der Waals surface area contributed by atoms with Crippen LogP contribution in [0.25, 0.3) is 0 Å². The Morgan fingerprint density at radius 1 is 1.50 bits per heavy atom. The number of nitriles is 1. The van der Waals surface area contributed by atoms with Crippen LogP contribution in [0.2, 0.25) is 0 Å². The molecule has 1 aliphatic rings. The van der Waals surface area contributed by atoms with Gasteiger partial charge < -0.3 is 4.74 Å². The molecule has 2 rings (SSSR count). The number of fused-ring (bicyclic) bond motifs is 1. The zero-order valence-corrected chi connectivity index (χ0v) is 6.66. The summed E-state index contributed by atoms with van der Waals surface area (Å²) < 4.78 is 5.52. The SMILES string of the molecule is N#CCC1Cc2ccccc2O1. The Balaban J connectivity index is 2.18. The van der Waals surface area contributed by atoms with Gasteiger partial charge in [-0.15, -0.1) is 0 Å². The summed E-state index contributed by atoms with van der Waals surface area (Å²) in [4.78, 5) is 0. The first kappa shape index (κ1) is 7.17. The molecule has 60 valence electrons. The molecule has 0 bridgehead atoms. The van der Waals surface area contributed by atoms with E-state index >= 15 is 0 Å². The van der Waals surface area contributed by atoms with E-state index in [4.69, 9.17) is 10.00 Å². The zero-order valence-electron chi connectivity index (χ0n) is 6.66. The standard InChI is InChI=1S/C10H9NO/c11-6-5-9-7-8-3-1-2-4-10(8)12-9/h1-4,9H,5,7H2. The molecule has 0 aliphatic carbocycles. The van der Waals surface area contributed by atoms with Crippen molar-refractivity contribution in [3.8, 4) is 11.8 Å². The molecule has 2 heteroatoms. The lowest BCUT2D eigenvalue weighted by Crippen LogP contribution is -2.10. The van der Waals surface area contributed by atoms with Crippen molar-refractivity contribution in [3.63, 3.8) is 0 Å². The Bertz CT molecular complexity index is 302. The second-order valence-electron chi connectivity index (χ2n) is 2.91. The smallest absolute Gasteiger partial charge is 0.123 e. The molecule has 1 aromatic carbocycles. The van der Waals surface area contributed by atoms with Gasteiger partial charge in [-0.3, -0.25) is 0 Å². The van der Waals surface area contributed by atoms with Gasteiger partial charge in [0.05, 0.1) is 12.5 Å². The number of nitrogens with zero attached hydrogens (tertiary/aromatic N) is 1. The van der Waals surface area contributed by atoms with Gasteiger partial charge in [-0.2, -0.15) is 5.26 Å². The molecular weight excluding hydrogens is 150 g/mol. The van der Waals surface area contributed by atoms with Crippen LogP contribution in [0.15, 0.2) is 24.3 Å². The summed E-state index contributed by atoms with van der Waals surface area (Å²) in [5.74, 6) is 0.942. The van der Waals surface area contributed by atoms with E-state index in [9.17, 15) is 0 Å². The Labute approximate surface area is 71.4 Å². The van der Waals surface area contributed by atoms with Crippen molar-refractivity contribution in [2.45, 2.75) is 18.9 Å². The van der Waals surface area contributed by atoms with Crippen molar-refractivity contribution < 1.29 is 4.74 Å². The minimum absolute atomic E-state index is 0.0763. The van der Waals surface area contributed by atoms with Crippen LogP contribution in [0.1, 0.15) is 12.0 Å². The first-order chi connectivity index (χ1) is 5.90. The van der Waals surface area contributed by atoms with E-state index in [1.807, 2.05) is 24.3 Å². The lowest BCUT2D eigenvalue weighted by atomic mass is 10.1. The highest BCUT2D eigenvalue weighted by Crippen LogP contribution is 2.28. The van der Waals surface area contributed by atoms with Crippen molar-refractivity contribution in [1.29, 1.82) is 5.26 Å². The summed E-state index contributed by atoms with van der Waals surface area (Å²) in [6.45, 7) is 0. The number of para-hydroxylation sites is 1. The molecule has 1 unspecified atom stereocenters. The predicted molar refractivity (Wildman–Crippen MR) is 44.8 cm³/mol. The molecule has 0 spiro atoms. The van der Waals surface area contributed by atoms with Crippen LogP contribution in [0.3, 0.4) is 0 Å². The van der Waals surface area contributed by atoms with Gasteiger partial charge in [0.2, 0.25) is 0 Å². The van der Waals surface area contributed by atoms with E-state index in [1.165, 1.54) is 5.56 Å². The molecule has 1 heterocycles. The molecule has 1 atom stereocenters. The molecule has 0 radical (unpaired) electrons. The molecule has 0 aromatic heterocycles. The van der Waals surface area contributed by atoms with Crippen LogP contribution in [0, 0.1) is 11.3 Å². The fraction of sp³-hybridized carbons (Fsp3) is 0.300. The molecule has 1 aliphatic heterocycles. The number of hydrogen-bond donors (Lipinski definition) is 0. The average molecular weight is 159 g/mol. The highest BCUT2D eigenvalue weighted by molar-refractivity contribution is 5.37. The Morgan fingerprint density at radius 3 is 3.08 bits per heavy atom. The second kappa shape index (κ2) is 2.86. The number of rotatable bonds is 1. The largest absolute Gasteiger partial charge is 0.489 e. The predicted octanol–water partition coefficient (Wildman–Crippen LogP) is 1.90. The van der Waals surface area contributed by atoms with Gasteiger partial charge in [0.15, 0.2) is 0 Å². The van der Waals surface area contributed by atoms with Crippen LogP contribution in [-0.2, 0) is 6.42 Å². The summed E-state index contributed by atoms with van der Waals surface area (Å²) in [6, 6.07) is 10.1. The van der Waals surface area contributed by atoms with Gasteiger partial charge in [-0.05, 0) is 11.6 Å². The maximum atomic E-state index is 8.48. The van der Waals surface area contributed by atoms with Crippen LogP contribution in [0.5, 0.6) is 5.75 Å². The Kier molecular flexibility index (Phi) is 1.71. The minimum atomic E-state index is 0.0763. The normalized spacial score (nSPS) is 19.4. The summed E-state index contributed by atoms with van der Waals surface area (Å²) >= 11 is 0. The van der Waals surface area contributed by atoms with Crippen LogP contribution in [0.4, 0.5) is 0 Å². The van der Waals surface area contributed by atoms with Crippen LogP contribution >= 0.6 is 0 Å². The third-order valence-electron chi connectivity index (χ3n) is 2.03. The Hall–Kier alpha value is -1.49. The molecule has 0 saturated carbocycles. The van der Waals surface area contributed by atoms with Gasteiger partial charge in [0.25, 0.3) is 0 Å². The summed E-state index contributed by atoms with van der Waals surface area (Å²) in [5.41, 5.74) is 1.22. The van der Waals surface area contributed by atoms with Gasteiger partial charge in [-0.25, -0.2) is 0 Å². The number of ether oxygens (including phenoxy) is 1. The van der Waals surface area contributed by atoms with Gasteiger partial charge in [0, 0.05) is 6.42 Å². The summed E-state index contributed by atoms with van der Waals surface area (Å²) in [6.07, 6.45) is 1.44. The highest BCUT2D eigenvalue weighted by Gasteiger charge is 2.21. The fourth-order valence-electron chi connectivity index (χ4n) is 1.47. The van der Waals surface area contributed by atoms with Crippen LogP contribution in [-0.4, -0.2) is 6.10 Å². The van der Waals surface area contributed by atoms with Crippen molar-refractivity contribution in [1.82, 2.24) is 0 Å². The van der Waals surface area contributed by atoms with E-state index < -0.39 is 0 Å². The Morgan fingerprint density at radius 2 is 2.33 bits per heavy atom.